The van der Waals surface area contributed by atoms with Crippen molar-refractivity contribution in [1.29, 1.82) is 0 Å². The van der Waals surface area contributed by atoms with E-state index in [-0.39, 0.29) is 24.0 Å². The Kier molecular flexibility index (Phi) is 7.17. The van der Waals surface area contributed by atoms with Gasteiger partial charge in [-0.1, -0.05) is 13.0 Å². The standard InChI is InChI=1S/C14H21N3O4/c1-3-7-15-9-11-5-6-13(12(8-11)17(19)20)21-10-14(18)16-4-2/h5-6,8,15H,3-4,7,9-10H2,1-2H3,(H,16,18). The fraction of sp³-hybridized carbons (Fsp3) is 0.500. The van der Waals surface area contributed by atoms with Crippen molar-refractivity contribution in [3.8, 4) is 5.75 Å². The first-order chi connectivity index (χ1) is 10.1. The maximum atomic E-state index is 11.3. The molecular formula is C14H21N3O4. The molecule has 0 radical (unpaired) electrons. The van der Waals surface area contributed by atoms with Crippen molar-refractivity contribution in [3.63, 3.8) is 0 Å². The largest absolute Gasteiger partial charge is 0.477 e. The number of hydrogen-bond acceptors (Lipinski definition) is 5. The van der Waals surface area contributed by atoms with Crippen LogP contribution in [-0.4, -0.2) is 30.5 Å². The number of hydrogen-bond donors (Lipinski definition) is 2. The third-order valence-electron chi connectivity index (χ3n) is 2.71. The molecule has 1 aromatic carbocycles. The number of carbonyl (C=O) groups is 1. The van der Waals surface area contributed by atoms with Crippen molar-refractivity contribution < 1.29 is 14.5 Å². The number of rotatable bonds is 9. The molecule has 7 heteroatoms. The van der Waals surface area contributed by atoms with Gasteiger partial charge in [0.15, 0.2) is 12.4 Å². The fourth-order valence-electron chi connectivity index (χ4n) is 1.74. The number of benzene rings is 1. The summed E-state index contributed by atoms with van der Waals surface area (Å²) in [5.41, 5.74) is 0.676. The first kappa shape index (κ1) is 16.9. The molecule has 0 saturated carbocycles. The normalized spacial score (nSPS) is 10.2. The van der Waals surface area contributed by atoms with Gasteiger partial charge in [-0.3, -0.25) is 14.9 Å². The summed E-state index contributed by atoms with van der Waals surface area (Å²) in [6.07, 6.45) is 0.996. The maximum Gasteiger partial charge on any atom is 0.311 e. The van der Waals surface area contributed by atoms with E-state index in [0.29, 0.717) is 13.1 Å². The number of amides is 1. The van der Waals surface area contributed by atoms with E-state index < -0.39 is 4.92 Å². The van der Waals surface area contributed by atoms with Crippen LogP contribution in [0.15, 0.2) is 18.2 Å². The minimum absolute atomic E-state index is 0.102. The fourth-order valence-corrected chi connectivity index (χ4v) is 1.74. The highest BCUT2D eigenvalue weighted by molar-refractivity contribution is 5.77. The molecule has 0 heterocycles. The predicted octanol–water partition coefficient (Wildman–Crippen LogP) is 1.61. The molecule has 0 atom stereocenters. The first-order valence-electron chi connectivity index (χ1n) is 6.96. The molecule has 0 aliphatic rings. The molecule has 0 spiro atoms. The molecule has 0 aliphatic heterocycles. The van der Waals surface area contributed by atoms with Crippen LogP contribution in [0.1, 0.15) is 25.8 Å². The monoisotopic (exact) mass is 295 g/mol. The molecule has 0 bridgehead atoms. The molecule has 21 heavy (non-hydrogen) atoms. The van der Waals surface area contributed by atoms with Crippen molar-refractivity contribution in [3.05, 3.63) is 33.9 Å². The van der Waals surface area contributed by atoms with Crippen molar-refractivity contribution in [2.75, 3.05) is 19.7 Å². The van der Waals surface area contributed by atoms with E-state index >= 15 is 0 Å². The van der Waals surface area contributed by atoms with Crippen molar-refractivity contribution in [2.24, 2.45) is 0 Å². The molecule has 0 unspecified atom stereocenters. The zero-order chi connectivity index (χ0) is 15.7. The summed E-state index contributed by atoms with van der Waals surface area (Å²) in [6.45, 7) is 5.51. The molecule has 0 saturated heterocycles. The topological polar surface area (TPSA) is 93.5 Å². The molecule has 1 rings (SSSR count). The third-order valence-corrected chi connectivity index (χ3v) is 2.71. The van der Waals surface area contributed by atoms with Crippen LogP contribution in [0.3, 0.4) is 0 Å². The number of ether oxygens (including phenoxy) is 1. The number of carbonyl (C=O) groups excluding carboxylic acids is 1. The molecular weight excluding hydrogens is 274 g/mol. The third kappa shape index (κ3) is 5.78. The minimum Gasteiger partial charge on any atom is -0.477 e. The molecule has 2 N–H and O–H groups in total. The van der Waals surface area contributed by atoms with Gasteiger partial charge in [-0.2, -0.15) is 0 Å². The SMILES string of the molecule is CCCNCc1ccc(OCC(=O)NCC)c([N+](=O)[O-])c1. The minimum atomic E-state index is -0.504. The first-order valence-corrected chi connectivity index (χ1v) is 6.96. The summed E-state index contributed by atoms with van der Waals surface area (Å²) in [5, 5.41) is 16.8. The van der Waals surface area contributed by atoms with E-state index in [0.717, 1.165) is 18.5 Å². The van der Waals surface area contributed by atoms with Crippen LogP contribution in [0.5, 0.6) is 5.75 Å². The van der Waals surface area contributed by atoms with Gasteiger partial charge in [0.25, 0.3) is 5.91 Å². The second kappa shape index (κ2) is 8.91. The van der Waals surface area contributed by atoms with Crippen LogP contribution < -0.4 is 15.4 Å². The van der Waals surface area contributed by atoms with E-state index in [1.165, 1.54) is 12.1 Å². The van der Waals surface area contributed by atoms with Crippen LogP contribution in [0, 0.1) is 10.1 Å². The van der Waals surface area contributed by atoms with E-state index in [9.17, 15) is 14.9 Å². The van der Waals surface area contributed by atoms with Gasteiger partial charge in [0, 0.05) is 19.2 Å². The Labute approximate surface area is 123 Å². The zero-order valence-corrected chi connectivity index (χ0v) is 12.3. The Balaban J connectivity index is 2.74. The van der Waals surface area contributed by atoms with Crippen molar-refractivity contribution in [2.45, 2.75) is 26.8 Å². The lowest BCUT2D eigenvalue weighted by molar-refractivity contribution is -0.385. The lowest BCUT2D eigenvalue weighted by Crippen LogP contribution is -2.28. The highest BCUT2D eigenvalue weighted by Crippen LogP contribution is 2.27. The average molecular weight is 295 g/mol. The van der Waals surface area contributed by atoms with E-state index in [1.54, 1.807) is 13.0 Å². The summed E-state index contributed by atoms with van der Waals surface area (Å²) in [4.78, 5) is 21.9. The van der Waals surface area contributed by atoms with Crippen LogP contribution in [0.2, 0.25) is 0 Å². The summed E-state index contributed by atoms with van der Waals surface area (Å²) in [6, 6.07) is 4.75. The Hall–Kier alpha value is -2.15. The van der Waals surface area contributed by atoms with E-state index in [1.807, 2.05) is 6.92 Å². The number of nitrogens with one attached hydrogen (secondary N) is 2. The number of likely N-dealkylation sites (N-methyl/N-ethyl adjacent to an activating group) is 1. The Morgan fingerprint density at radius 1 is 1.38 bits per heavy atom. The summed E-state index contributed by atoms with van der Waals surface area (Å²) >= 11 is 0. The van der Waals surface area contributed by atoms with E-state index in [4.69, 9.17) is 4.74 Å². The van der Waals surface area contributed by atoms with Gasteiger partial charge in [0.2, 0.25) is 0 Å². The molecule has 0 aliphatic carbocycles. The maximum absolute atomic E-state index is 11.3. The molecule has 0 aromatic heterocycles. The number of nitrogens with zero attached hydrogens (tertiary/aromatic N) is 1. The molecule has 1 aromatic rings. The Morgan fingerprint density at radius 2 is 2.14 bits per heavy atom. The van der Waals surface area contributed by atoms with Gasteiger partial charge in [-0.25, -0.2) is 0 Å². The van der Waals surface area contributed by atoms with Gasteiger partial charge < -0.3 is 15.4 Å². The molecule has 116 valence electrons. The van der Waals surface area contributed by atoms with Gasteiger partial charge in [0.05, 0.1) is 4.92 Å². The molecule has 7 nitrogen and oxygen atoms in total. The summed E-state index contributed by atoms with van der Waals surface area (Å²) in [7, 11) is 0. The molecule has 0 fully saturated rings. The average Bonchev–Trinajstić information content (AvgIpc) is 2.46. The summed E-state index contributed by atoms with van der Waals surface area (Å²) < 4.78 is 5.22. The van der Waals surface area contributed by atoms with Gasteiger partial charge in [-0.15, -0.1) is 0 Å². The van der Waals surface area contributed by atoms with Crippen molar-refractivity contribution >= 4 is 11.6 Å². The van der Waals surface area contributed by atoms with Crippen LogP contribution in [-0.2, 0) is 11.3 Å². The lowest BCUT2D eigenvalue weighted by Gasteiger charge is -2.08. The van der Waals surface area contributed by atoms with Crippen LogP contribution in [0.25, 0.3) is 0 Å². The van der Waals surface area contributed by atoms with Gasteiger partial charge >= 0.3 is 5.69 Å². The molecule has 1 amide bonds. The smallest absolute Gasteiger partial charge is 0.311 e. The van der Waals surface area contributed by atoms with Crippen molar-refractivity contribution in [1.82, 2.24) is 10.6 Å². The highest BCUT2D eigenvalue weighted by atomic mass is 16.6. The second-order valence-electron chi connectivity index (χ2n) is 4.48. The highest BCUT2D eigenvalue weighted by Gasteiger charge is 2.16. The van der Waals surface area contributed by atoms with Gasteiger partial charge in [0.1, 0.15) is 0 Å². The van der Waals surface area contributed by atoms with E-state index in [2.05, 4.69) is 10.6 Å². The Morgan fingerprint density at radius 3 is 2.76 bits per heavy atom. The van der Waals surface area contributed by atoms with Gasteiger partial charge in [-0.05, 0) is 31.5 Å². The number of nitro benzene ring substituents is 1. The quantitative estimate of drug-likeness (QED) is 0.410. The zero-order valence-electron chi connectivity index (χ0n) is 12.3. The lowest BCUT2D eigenvalue weighted by atomic mass is 10.2. The summed E-state index contributed by atoms with van der Waals surface area (Å²) in [5.74, 6) is -0.203. The van der Waals surface area contributed by atoms with Crippen LogP contribution in [0.4, 0.5) is 5.69 Å². The number of nitro groups is 1. The predicted molar refractivity (Wildman–Crippen MR) is 79.3 cm³/mol. The van der Waals surface area contributed by atoms with Crippen LogP contribution >= 0.6 is 0 Å². The Bertz CT molecular complexity index is 491. The second-order valence-corrected chi connectivity index (χ2v) is 4.48.